The molecule has 1 heterocycles. The van der Waals surface area contributed by atoms with Crippen molar-refractivity contribution in [3.63, 3.8) is 0 Å². The van der Waals surface area contributed by atoms with Gasteiger partial charge in [0.25, 0.3) is 0 Å². The predicted octanol–water partition coefficient (Wildman–Crippen LogP) is 2.29. The van der Waals surface area contributed by atoms with Crippen LogP contribution in [0.15, 0.2) is 12.1 Å². The van der Waals surface area contributed by atoms with Gasteiger partial charge in [0.1, 0.15) is 10.9 Å². The summed E-state index contributed by atoms with van der Waals surface area (Å²) >= 11 is 1.56. The van der Waals surface area contributed by atoms with E-state index in [1.165, 1.54) is 4.88 Å². The quantitative estimate of drug-likeness (QED) is 0.774. The van der Waals surface area contributed by atoms with E-state index in [0.717, 1.165) is 11.4 Å². The number of hydrogen-bond donors (Lipinski definition) is 1. The average Bonchev–Trinajstić information content (AvgIpc) is 2.52. The van der Waals surface area contributed by atoms with E-state index in [1.54, 1.807) is 11.3 Å². The molecular formula is C9H12N2S. The Morgan fingerprint density at radius 1 is 1.67 bits per heavy atom. The summed E-state index contributed by atoms with van der Waals surface area (Å²) in [6.45, 7) is 5.15. The Morgan fingerprint density at radius 2 is 2.42 bits per heavy atom. The van der Waals surface area contributed by atoms with Gasteiger partial charge in [-0.2, -0.15) is 5.26 Å². The second-order valence-corrected chi connectivity index (χ2v) is 3.71. The van der Waals surface area contributed by atoms with Gasteiger partial charge >= 0.3 is 0 Å². The minimum atomic E-state index is 0.363. The van der Waals surface area contributed by atoms with Crippen LogP contribution in [0.25, 0.3) is 0 Å². The Labute approximate surface area is 76.8 Å². The van der Waals surface area contributed by atoms with E-state index in [1.807, 2.05) is 12.1 Å². The number of nitrogens with one attached hydrogen (secondary N) is 1. The fourth-order valence-corrected chi connectivity index (χ4v) is 1.88. The number of thiophene rings is 1. The topological polar surface area (TPSA) is 35.8 Å². The van der Waals surface area contributed by atoms with E-state index in [-0.39, 0.29) is 0 Å². The van der Waals surface area contributed by atoms with Crippen molar-refractivity contribution in [2.24, 2.45) is 0 Å². The van der Waals surface area contributed by atoms with Crippen LogP contribution in [0.2, 0.25) is 0 Å². The van der Waals surface area contributed by atoms with Crippen molar-refractivity contribution < 1.29 is 0 Å². The van der Waals surface area contributed by atoms with Gasteiger partial charge in [-0.25, -0.2) is 0 Å². The highest BCUT2D eigenvalue weighted by molar-refractivity contribution is 7.12. The van der Waals surface area contributed by atoms with E-state index in [2.05, 4.69) is 25.2 Å². The Morgan fingerprint density at radius 3 is 2.92 bits per heavy atom. The summed E-state index contributed by atoms with van der Waals surface area (Å²) in [5, 5.41) is 11.9. The molecular weight excluding hydrogens is 168 g/mol. The standard InChI is InChI=1S/C9H12N2S/c1-3-11-7(2)9-5-4-8(6-10)12-9/h4-5,7,11H,3H2,1-2H3. The fraction of sp³-hybridized carbons (Fsp3) is 0.444. The van der Waals surface area contributed by atoms with Gasteiger partial charge in [-0.05, 0) is 25.6 Å². The number of nitrogens with zero attached hydrogens (tertiary/aromatic N) is 1. The highest BCUT2D eigenvalue weighted by Gasteiger charge is 2.05. The summed E-state index contributed by atoms with van der Waals surface area (Å²) in [6.07, 6.45) is 0. The van der Waals surface area contributed by atoms with Gasteiger partial charge in [0.2, 0.25) is 0 Å². The maximum absolute atomic E-state index is 8.60. The molecule has 0 aliphatic heterocycles. The zero-order valence-corrected chi connectivity index (χ0v) is 8.11. The highest BCUT2D eigenvalue weighted by Crippen LogP contribution is 2.21. The lowest BCUT2D eigenvalue weighted by molar-refractivity contribution is 0.607. The molecule has 1 aromatic rings. The third-order valence-corrected chi connectivity index (χ3v) is 2.85. The molecule has 3 heteroatoms. The maximum Gasteiger partial charge on any atom is 0.110 e. The molecule has 0 amide bonds. The molecule has 1 atom stereocenters. The van der Waals surface area contributed by atoms with Gasteiger partial charge in [-0.3, -0.25) is 0 Å². The Kier molecular flexibility index (Phi) is 3.27. The maximum atomic E-state index is 8.60. The first-order valence-corrected chi connectivity index (χ1v) is 4.82. The number of rotatable bonds is 3. The molecule has 0 aromatic carbocycles. The van der Waals surface area contributed by atoms with Crippen molar-refractivity contribution in [2.45, 2.75) is 19.9 Å². The van der Waals surface area contributed by atoms with E-state index >= 15 is 0 Å². The van der Waals surface area contributed by atoms with E-state index in [9.17, 15) is 0 Å². The van der Waals surface area contributed by atoms with Crippen LogP contribution in [0.3, 0.4) is 0 Å². The molecule has 0 saturated carbocycles. The molecule has 0 aliphatic rings. The molecule has 64 valence electrons. The zero-order chi connectivity index (χ0) is 8.97. The summed E-state index contributed by atoms with van der Waals surface area (Å²) in [6, 6.07) is 6.38. The Hall–Kier alpha value is -0.850. The third kappa shape index (κ3) is 2.07. The van der Waals surface area contributed by atoms with Gasteiger partial charge in [-0.15, -0.1) is 11.3 Å². The fourth-order valence-electron chi connectivity index (χ4n) is 1.05. The van der Waals surface area contributed by atoms with E-state index in [4.69, 9.17) is 5.26 Å². The lowest BCUT2D eigenvalue weighted by Gasteiger charge is -2.08. The molecule has 0 saturated heterocycles. The summed E-state index contributed by atoms with van der Waals surface area (Å²) in [5.41, 5.74) is 0. The molecule has 0 fully saturated rings. The van der Waals surface area contributed by atoms with E-state index < -0.39 is 0 Å². The monoisotopic (exact) mass is 180 g/mol. The largest absolute Gasteiger partial charge is 0.310 e. The highest BCUT2D eigenvalue weighted by atomic mass is 32.1. The van der Waals surface area contributed by atoms with E-state index in [0.29, 0.717) is 6.04 Å². The molecule has 0 aliphatic carbocycles. The minimum absolute atomic E-state index is 0.363. The van der Waals surface area contributed by atoms with Gasteiger partial charge in [0.05, 0.1) is 0 Å². The van der Waals surface area contributed by atoms with Crippen molar-refractivity contribution in [3.8, 4) is 6.07 Å². The van der Waals surface area contributed by atoms with Crippen molar-refractivity contribution in [1.82, 2.24) is 5.32 Å². The number of nitriles is 1. The molecule has 1 N–H and O–H groups in total. The molecule has 12 heavy (non-hydrogen) atoms. The SMILES string of the molecule is CCNC(C)c1ccc(C#N)s1. The first kappa shape index (κ1) is 9.24. The molecule has 0 bridgehead atoms. The van der Waals surface area contributed by atoms with Gasteiger partial charge in [0.15, 0.2) is 0 Å². The van der Waals surface area contributed by atoms with Gasteiger partial charge < -0.3 is 5.32 Å². The number of hydrogen-bond acceptors (Lipinski definition) is 3. The molecule has 0 spiro atoms. The summed E-state index contributed by atoms with van der Waals surface area (Å²) < 4.78 is 0. The van der Waals surface area contributed by atoms with Crippen molar-refractivity contribution in [1.29, 1.82) is 5.26 Å². The Balaban J connectivity index is 2.69. The van der Waals surface area contributed by atoms with Gasteiger partial charge in [0, 0.05) is 10.9 Å². The van der Waals surface area contributed by atoms with Crippen LogP contribution >= 0.6 is 11.3 Å². The average molecular weight is 180 g/mol. The molecule has 1 unspecified atom stereocenters. The molecule has 1 aromatic heterocycles. The summed E-state index contributed by atoms with van der Waals surface area (Å²) in [4.78, 5) is 2.02. The van der Waals surface area contributed by atoms with Crippen LogP contribution in [0, 0.1) is 11.3 Å². The summed E-state index contributed by atoms with van der Waals surface area (Å²) in [7, 11) is 0. The second-order valence-electron chi connectivity index (χ2n) is 2.59. The zero-order valence-electron chi connectivity index (χ0n) is 7.29. The lowest BCUT2D eigenvalue weighted by atomic mass is 10.3. The van der Waals surface area contributed by atoms with Crippen LogP contribution in [-0.2, 0) is 0 Å². The first-order chi connectivity index (χ1) is 5.77. The third-order valence-electron chi connectivity index (χ3n) is 1.67. The van der Waals surface area contributed by atoms with Crippen molar-refractivity contribution in [3.05, 3.63) is 21.9 Å². The van der Waals surface area contributed by atoms with Crippen LogP contribution in [0.5, 0.6) is 0 Å². The Bertz CT molecular complexity index is 285. The van der Waals surface area contributed by atoms with Crippen LogP contribution in [0.4, 0.5) is 0 Å². The van der Waals surface area contributed by atoms with Crippen LogP contribution in [0.1, 0.15) is 29.6 Å². The van der Waals surface area contributed by atoms with Crippen LogP contribution < -0.4 is 5.32 Å². The second kappa shape index (κ2) is 4.24. The van der Waals surface area contributed by atoms with Crippen LogP contribution in [-0.4, -0.2) is 6.54 Å². The lowest BCUT2D eigenvalue weighted by Crippen LogP contribution is -2.16. The van der Waals surface area contributed by atoms with Crippen molar-refractivity contribution in [2.75, 3.05) is 6.54 Å². The molecule has 0 radical (unpaired) electrons. The predicted molar refractivity (Wildman–Crippen MR) is 51.1 cm³/mol. The molecule has 2 nitrogen and oxygen atoms in total. The smallest absolute Gasteiger partial charge is 0.110 e. The molecule has 1 rings (SSSR count). The summed E-state index contributed by atoms with van der Waals surface area (Å²) in [5.74, 6) is 0. The van der Waals surface area contributed by atoms with Crippen molar-refractivity contribution >= 4 is 11.3 Å². The minimum Gasteiger partial charge on any atom is -0.310 e. The first-order valence-electron chi connectivity index (χ1n) is 4.01. The normalized spacial score (nSPS) is 12.4. The van der Waals surface area contributed by atoms with Gasteiger partial charge in [-0.1, -0.05) is 6.92 Å².